The molecule has 0 unspecified atom stereocenters. The minimum atomic E-state index is -1.84. The lowest BCUT2D eigenvalue weighted by Crippen LogP contribution is -2.56. The van der Waals surface area contributed by atoms with Crippen LogP contribution in [0.2, 0.25) is 5.02 Å². The molecular formula is C16H12Cl4IN3OS. The average molecular weight is 563 g/mol. The Morgan fingerprint density at radius 3 is 2.23 bits per heavy atom. The molecule has 2 aromatic carbocycles. The summed E-state index contributed by atoms with van der Waals surface area (Å²) >= 11 is 31.4. The summed E-state index contributed by atoms with van der Waals surface area (Å²) in [5, 5.41) is 8.90. The van der Waals surface area contributed by atoms with Gasteiger partial charge in [0.25, 0.3) is 5.91 Å². The molecule has 0 saturated heterocycles. The van der Waals surface area contributed by atoms with Gasteiger partial charge in [0.05, 0.1) is 10.7 Å². The van der Waals surface area contributed by atoms with Crippen LogP contribution >= 0.6 is 81.2 Å². The fraction of sp³-hybridized carbons (Fsp3) is 0.125. The maximum absolute atomic E-state index is 12.4. The Balaban J connectivity index is 2.07. The Morgan fingerprint density at radius 1 is 1.04 bits per heavy atom. The molecular weight excluding hydrogens is 551 g/mol. The van der Waals surface area contributed by atoms with Crippen molar-refractivity contribution < 1.29 is 4.79 Å². The molecule has 0 bridgehead atoms. The molecule has 0 aliphatic rings. The lowest BCUT2D eigenvalue weighted by atomic mass is 10.2. The molecule has 0 aliphatic heterocycles. The number of rotatable bonds is 4. The number of halogens is 5. The van der Waals surface area contributed by atoms with Gasteiger partial charge in [-0.25, -0.2) is 0 Å². The third kappa shape index (κ3) is 6.58. The van der Waals surface area contributed by atoms with E-state index in [1.54, 1.807) is 48.5 Å². The molecule has 0 heterocycles. The summed E-state index contributed by atoms with van der Waals surface area (Å²) in [6.07, 6.45) is -1.07. The molecule has 0 fully saturated rings. The maximum atomic E-state index is 12.4. The Morgan fingerprint density at radius 2 is 1.65 bits per heavy atom. The summed E-state index contributed by atoms with van der Waals surface area (Å²) in [6.45, 7) is 0. The largest absolute Gasteiger partial charge is 0.339 e. The predicted octanol–water partition coefficient (Wildman–Crippen LogP) is 5.36. The first-order valence-corrected chi connectivity index (χ1v) is 10.1. The molecule has 1 amide bonds. The molecule has 3 N–H and O–H groups in total. The van der Waals surface area contributed by atoms with Crippen molar-refractivity contribution in [1.82, 2.24) is 10.6 Å². The van der Waals surface area contributed by atoms with E-state index in [-0.39, 0.29) is 5.11 Å². The standard InChI is InChI=1S/C16H12Cl4IN3OS/c17-11-3-1-2-4-12(11)22-15(26)24-14(16(18,19)20)23-13(25)9-5-7-10(21)8-6-9/h1-8,14H,(H,23,25)(H2,22,24,26)/t14-/m0/s1. The minimum absolute atomic E-state index is 0.136. The highest BCUT2D eigenvalue weighted by Gasteiger charge is 2.35. The van der Waals surface area contributed by atoms with Crippen molar-refractivity contribution in [3.8, 4) is 0 Å². The zero-order valence-corrected chi connectivity index (χ0v) is 18.9. The lowest BCUT2D eigenvalue weighted by molar-refractivity contribution is 0.0934. The van der Waals surface area contributed by atoms with Crippen molar-refractivity contribution in [2.45, 2.75) is 9.96 Å². The van der Waals surface area contributed by atoms with E-state index in [1.807, 2.05) is 0 Å². The number of nitrogens with one attached hydrogen (secondary N) is 3. The molecule has 0 aromatic heterocycles. The van der Waals surface area contributed by atoms with Crippen molar-refractivity contribution in [3.05, 3.63) is 62.7 Å². The van der Waals surface area contributed by atoms with Gasteiger partial charge in [0.15, 0.2) is 5.11 Å². The summed E-state index contributed by atoms with van der Waals surface area (Å²) in [5.74, 6) is -0.411. The number of amides is 1. The van der Waals surface area contributed by atoms with Crippen LogP contribution in [-0.4, -0.2) is 21.0 Å². The van der Waals surface area contributed by atoms with Crippen molar-refractivity contribution in [2.75, 3.05) is 5.32 Å². The first-order valence-electron chi connectivity index (χ1n) is 7.12. The van der Waals surface area contributed by atoms with E-state index in [4.69, 9.17) is 58.6 Å². The van der Waals surface area contributed by atoms with Crippen LogP contribution in [0.3, 0.4) is 0 Å². The number of anilines is 1. The van der Waals surface area contributed by atoms with Crippen LogP contribution in [0.4, 0.5) is 5.69 Å². The van der Waals surface area contributed by atoms with Crippen LogP contribution in [0.25, 0.3) is 0 Å². The van der Waals surface area contributed by atoms with Gasteiger partial charge in [0, 0.05) is 9.13 Å². The highest BCUT2D eigenvalue weighted by molar-refractivity contribution is 14.1. The number of thiocarbonyl (C=S) groups is 1. The number of carbonyl (C=O) groups excluding carboxylic acids is 1. The summed E-state index contributed by atoms with van der Waals surface area (Å²) in [6, 6.07) is 14.0. The lowest BCUT2D eigenvalue weighted by Gasteiger charge is -2.28. The van der Waals surface area contributed by atoms with Crippen LogP contribution in [0.15, 0.2) is 48.5 Å². The second-order valence-electron chi connectivity index (χ2n) is 5.03. The molecule has 0 spiro atoms. The van der Waals surface area contributed by atoms with Crippen molar-refractivity contribution in [1.29, 1.82) is 0 Å². The van der Waals surface area contributed by atoms with Crippen LogP contribution in [0.5, 0.6) is 0 Å². The third-order valence-electron chi connectivity index (χ3n) is 3.11. The SMILES string of the molecule is O=C(N[C@@H](NC(=S)Nc1ccccc1Cl)C(Cl)(Cl)Cl)c1ccc(I)cc1. The van der Waals surface area contributed by atoms with E-state index in [0.29, 0.717) is 16.3 Å². The topological polar surface area (TPSA) is 53.2 Å². The number of para-hydroxylation sites is 1. The van der Waals surface area contributed by atoms with Crippen LogP contribution in [0, 0.1) is 3.57 Å². The predicted molar refractivity (Wildman–Crippen MR) is 122 cm³/mol. The van der Waals surface area contributed by atoms with Crippen LogP contribution in [0.1, 0.15) is 10.4 Å². The Hall–Kier alpha value is -0.510. The average Bonchev–Trinajstić information content (AvgIpc) is 2.56. The van der Waals surface area contributed by atoms with Gasteiger partial charge in [0.1, 0.15) is 6.17 Å². The number of carbonyl (C=O) groups is 1. The normalized spacial score (nSPS) is 12.2. The van der Waals surface area contributed by atoms with Gasteiger partial charge >= 0.3 is 0 Å². The highest BCUT2D eigenvalue weighted by Crippen LogP contribution is 2.29. The molecule has 2 aromatic rings. The highest BCUT2D eigenvalue weighted by atomic mass is 127. The Bertz CT molecular complexity index is 799. The first-order chi connectivity index (χ1) is 12.2. The van der Waals surface area contributed by atoms with Crippen LogP contribution in [-0.2, 0) is 0 Å². The molecule has 4 nitrogen and oxygen atoms in total. The number of hydrogen-bond donors (Lipinski definition) is 3. The molecule has 0 saturated carbocycles. The van der Waals surface area contributed by atoms with E-state index in [9.17, 15) is 4.79 Å². The zero-order chi connectivity index (χ0) is 19.3. The molecule has 10 heteroatoms. The van der Waals surface area contributed by atoms with Crippen LogP contribution < -0.4 is 16.0 Å². The Kier molecular flexibility index (Phi) is 8.06. The third-order valence-corrected chi connectivity index (χ3v) is 5.03. The number of benzene rings is 2. The van der Waals surface area contributed by atoms with E-state index < -0.39 is 15.9 Å². The first kappa shape index (κ1) is 21.8. The molecule has 1 atom stereocenters. The second kappa shape index (κ2) is 9.61. The van der Waals surface area contributed by atoms with Gasteiger partial charge in [-0.3, -0.25) is 4.79 Å². The molecule has 26 heavy (non-hydrogen) atoms. The summed E-state index contributed by atoms with van der Waals surface area (Å²) < 4.78 is -0.842. The van der Waals surface area contributed by atoms with E-state index >= 15 is 0 Å². The number of alkyl halides is 3. The minimum Gasteiger partial charge on any atom is -0.339 e. The van der Waals surface area contributed by atoms with Crippen molar-refractivity contribution in [2.24, 2.45) is 0 Å². The van der Waals surface area contributed by atoms with Gasteiger partial charge < -0.3 is 16.0 Å². The fourth-order valence-electron chi connectivity index (χ4n) is 1.87. The smallest absolute Gasteiger partial charge is 0.252 e. The quantitative estimate of drug-likeness (QED) is 0.203. The van der Waals surface area contributed by atoms with Crippen molar-refractivity contribution in [3.63, 3.8) is 0 Å². The molecule has 0 aliphatic carbocycles. The molecule has 0 radical (unpaired) electrons. The zero-order valence-electron chi connectivity index (χ0n) is 12.9. The monoisotopic (exact) mass is 561 g/mol. The van der Waals surface area contributed by atoms with E-state index in [2.05, 4.69) is 38.5 Å². The fourth-order valence-corrected chi connectivity index (χ4v) is 2.97. The van der Waals surface area contributed by atoms with Gasteiger partial charge in [-0.1, -0.05) is 58.5 Å². The van der Waals surface area contributed by atoms with Crippen molar-refractivity contribution >= 4 is 97.9 Å². The second-order valence-corrected chi connectivity index (χ2v) is 9.46. The summed E-state index contributed by atoms with van der Waals surface area (Å²) in [4.78, 5) is 12.4. The van der Waals surface area contributed by atoms with Gasteiger partial charge in [-0.2, -0.15) is 0 Å². The maximum Gasteiger partial charge on any atom is 0.252 e. The molecule has 138 valence electrons. The summed E-state index contributed by atoms with van der Waals surface area (Å²) in [5.41, 5.74) is 1.01. The van der Waals surface area contributed by atoms with Gasteiger partial charge in [-0.05, 0) is 71.2 Å². The molecule has 2 rings (SSSR count). The van der Waals surface area contributed by atoms with E-state index in [1.165, 1.54) is 0 Å². The van der Waals surface area contributed by atoms with E-state index in [0.717, 1.165) is 3.57 Å². The van der Waals surface area contributed by atoms with Gasteiger partial charge in [0.2, 0.25) is 3.79 Å². The Labute approximate surface area is 190 Å². The number of hydrogen-bond acceptors (Lipinski definition) is 2. The summed E-state index contributed by atoms with van der Waals surface area (Å²) in [7, 11) is 0. The van der Waals surface area contributed by atoms with Gasteiger partial charge in [-0.15, -0.1) is 0 Å².